The van der Waals surface area contributed by atoms with Crippen molar-refractivity contribution in [1.29, 1.82) is 0 Å². The number of carbonyl (C=O) groups excluding carboxylic acids is 6. The van der Waals surface area contributed by atoms with Crippen LogP contribution in [0.25, 0.3) is 0 Å². The Labute approximate surface area is 348 Å². The van der Waals surface area contributed by atoms with Crippen LogP contribution in [-0.2, 0) is 42.9 Å². The monoisotopic (exact) mass is 832 g/mol. The van der Waals surface area contributed by atoms with E-state index in [1.807, 2.05) is 0 Å². The van der Waals surface area contributed by atoms with Crippen molar-refractivity contribution in [2.45, 2.75) is 116 Å². The zero-order valence-electron chi connectivity index (χ0n) is 35.3. The molecule has 1 saturated heterocycles. The highest BCUT2D eigenvalue weighted by atomic mass is 16.6. The van der Waals surface area contributed by atoms with Gasteiger partial charge >= 0.3 is 29.9 Å². The van der Waals surface area contributed by atoms with Crippen LogP contribution in [0.1, 0.15) is 90.7 Å². The van der Waals surface area contributed by atoms with Crippen LogP contribution in [0.4, 0.5) is 4.79 Å². The second-order valence-corrected chi connectivity index (χ2v) is 18.0. The molecule has 2 bridgehead atoms. The Morgan fingerprint density at radius 1 is 0.950 bits per heavy atom. The minimum atomic E-state index is -2.30. The maximum Gasteiger partial charge on any atom is 0.342 e. The lowest BCUT2D eigenvalue weighted by atomic mass is 9.45. The van der Waals surface area contributed by atoms with Crippen LogP contribution in [0.3, 0.4) is 0 Å². The van der Waals surface area contributed by atoms with Gasteiger partial charge in [0.2, 0.25) is 0 Å². The highest BCUT2D eigenvalue weighted by Gasteiger charge is 2.76. The molecule has 1 heterocycles. The Kier molecular flexibility index (Phi) is 11.7. The number of fused-ring (bicyclic) bond motifs is 5. The highest BCUT2D eigenvalue weighted by molar-refractivity contribution is 5.94. The molecule has 15 nitrogen and oxygen atoms in total. The van der Waals surface area contributed by atoms with Gasteiger partial charge in [-0.1, -0.05) is 74.5 Å². The third-order valence-corrected chi connectivity index (χ3v) is 12.4. The molecule has 4 aliphatic rings. The van der Waals surface area contributed by atoms with Gasteiger partial charge in [-0.15, -0.1) is 0 Å². The third-order valence-electron chi connectivity index (χ3n) is 12.4. The van der Waals surface area contributed by atoms with Crippen LogP contribution in [0.5, 0.6) is 0 Å². The van der Waals surface area contributed by atoms with Gasteiger partial charge in [0.1, 0.15) is 23.6 Å². The van der Waals surface area contributed by atoms with Crippen molar-refractivity contribution >= 4 is 35.7 Å². The summed E-state index contributed by atoms with van der Waals surface area (Å²) in [6.07, 6.45) is -3.69. The number of esters is 4. The van der Waals surface area contributed by atoms with Crippen LogP contribution in [0.2, 0.25) is 0 Å². The first-order valence-electron chi connectivity index (χ1n) is 19.9. The number of aliphatic hydroxyl groups excluding tert-OH is 1. The van der Waals surface area contributed by atoms with Crippen molar-refractivity contribution in [2.24, 2.45) is 22.7 Å². The molecule has 10 atom stereocenters. The molecular weight excluding hydrogens is 778 g/mol. The second kappa shape index (κ2) is 15.9. The summed E-state index contributed by atoms with van der Waals surface area (Å²) in [5.74, 6) is -7.12. The van der Waals surface area contributed by atoms with Crippen molar-refractivity contribution < 1.29 is 62.7 Å². The van der Waals surface area contributed by atoms with Crippen LogP contribution < -0.4 is 10.6 Å². The quantitative estimate of drug-likeness (QED) is 0.157. The summed E-state index contributed by atoms with van der Waals surface area (Å²) in [5.41, 5.74) is -7.18. The summed E-state index contributed by atoms with van der Waals surface area (Å²) in [6.45, 7) is 13.7. The smallest absolute Gasteiger partial charge is 0.342 e. The Balaban J connectivity index is 1.52. The fourth-order valence-electron chi connectivity index (χ4n) is 9.54. The Morgan fingerprint density at radius 3 is 2.12 bits per heavy atom. The fourth-order valence-corrected chi connectivity index (χ4v) is 9.54. The number of Topliss-reactive ketones (excluding diaryl/α,β-unsaturated/α-hetero) is 1. The number of nitrogens with one attached hydrogen (secondary N) is 2. The Morgan fingerprint density at radius 2 is 1.57 bits per heavy atom. The van der Waals surface area contributed by atoms with Crippen molar-refractivity contribution in [2.75, 3.05) is 6.61 Å². The number of ether oxygens (including phenoxy) is 5. The molecule has 2 aromatic carbocycles. The van der Waals surface area contributed by atoms with E-state index in [2.05, 4.69) is 10.6 Å². The summed E-state index contributed by atoms with van der Waals surface area (Å²) < 4.78 is 30.3. The van der Waals surface area contributed by atoms with E-state index in [1.165, 1.54) is 19.1 Å². The molecule has 6 rings (SSSR count). The molecule has 1 saturated carbocycles. The summed E-state index contributed by atoms with van der Waals surface area (Å²) in [5, 5.41) is 30.7. The topological polar surface area (TPSA) is 213 Å². The van der Waals surface area contributed by atoms with Crippen LogP contribution >= 0.6 is 0 Å². The number of carbonyl (C=O) groups is 6. The molecular formula is C45H54N2O13. The molecule has 4 N–H and O–H groups in total. The number of allylic oxidation sites excluding steroid dienone is 1. The first-order chi connectivity index (χ1) is 28.0. The molecule has 322 valence electrons. The first-order valence-corrected chi connectivity index (χ1v) is 19.9. The normalized spacial score (nSPS) is 31.3. The molecule has 3 aliphatic carbocycles. The Hall–Kier alpha value is -5.38. The maximum absolute atomic E-state index is 15.4. The van der Waals surface area contributed by atoms with Gasteiger partial charge in [-0.05, 0) is 57.9 Å². The predicted octanol–water partition coefficient (Wildman–Crippen LogP) is 4.41. The van der Waals surface area contributed by atoms with Gasteiger partial charge in [-0.3, -0.25) is 14.4 Å². The summed E-state index contributed by atoms with van der Waals surface area (Å²) in [7, 11) is 0. The zero-order valence-corrected chi connectivity index (χ0v) is 35.3. The van der Waals surface area contributed by atoms with E-state index >= 15 is 4.79 Å². The van der Waals surface area contributed by atoms with Gasteiger partial charge in [0.05, 0.1) is 29.5 Å². The zero-order chi connectivity index (χ0) is 44.2. The van der Waals surface area contributed by atoms with Crippen molar-refractivity contribution in [1.82, 2.24) is 10.6 Å². The lowest BCUT2D eigenvalue weighted by molar-refractivity contribution is -0.311. The molecule has 60 heavy (non-hydrogen) atoms. The molecule has 2 unspecified atom stereocenters. The number of amides is 2. The predicted molar refractivity (Wildman–Crippen MR) is 213 cm³/mol. The molecule has 2 aromatic rings. The molecule has 0 spiro atoms. The van der Waals surface area contributed by atoms with Crippen LogP contribution in [-0.4, -0.2) is 93.7 Å². The highest BCUT2D eigenvalue weighted by Crippen LogP contribution is 2.64. The van der Waals surface area contributed by atoms with E-state index in [9.17, 15) is 34.2 Å². The lowest BCUT2D eigenvalue weighted by Gasteiger charge is -2.65. The fraction of sp³-hybridized carbons (Fsp3) is 0.511. The molecule has 2 fully saturated rings. The van der Waals surface area contributed by atoms with Crippen LogP contribution in [0, 0.1) is 22.7 Å². The average Bonchev–Trinajstić information content (AvgIpc) is 3.15. The maximum atomic E-state index is 15.4. The van der Waals surface area contributed by atoms with Gasteiger partial charge in [0, 0.05) is 37.1 Å². The van der Waals surface area contributed by atoms with E-state index < -0.39 is 112 Å². The number of benzene rings is 2. The standard InChI is InChI=1S/C45H54N2O13/c1-24-29(58-39(53)33(50)32(27-16-12-10-13-17-27)46-40(54)47-41(4,5)6)22-45(55)37(59-38(52)28-18-14-11-15-19-28)35-43(9,21-20-30-44(35,23-56-30)60-26(3)49)36(51)34(57-25(2)48)31(24)42(45,7)8/h10-21,30-35,37,50,55H,22-23H2,1-9H3,(H2,46,47,54)/t30-,31?,32+,33-,34-,35?,37+,43-,44+,45-/m1/s1/i40+2. The molecule has 15 heteroatoms. The summed E-state index contributed by atoms with van der Waals surface area (Å²) in [4.78, 5) is 82.8. The van der Waals surface area contributed by atoms with E-state index in [-0.39, 0.29) is 23.5 Å². The minimum absolute atomic E-state index is 0.116. The number of urea groups is 1. The SMILES string of the molecule is CC(=O)O[C@H]1C(=O)[C@]2(C)C=C[C@H]3OC[C@@]3(OC(C)=O)C2[C@H](OC(=O)c2ccccc2)[C@]2(O)CC(OC(=O)[C@H](O)[C@@H](N[14C](=O)NC(C)(C)C)c3ccccc3)=C(C)C1C2(C)C. The van der Waals surface area contributed by atoms with Gasteiger partial charge in [-0.25, -0.2) is 14.4 Å². The van der Waals surface area contributed by atoms with Crippen molar-refractivity contribution in [3.05, 3.63) is 95.3 Å². The number of aliphatic hydroxyl groups is 2. The molecule has 0 aromatic heterocycles. The average molecular weight is 833 g/mol. The van der Waals surface area contributed by atoms with Crippen LogP contribution in [0.15, 0.2) is 84.1 Å². The number of hydrogen-bond acceptors (Lipinski definition) is 13. The molecule has 2 amide bonds. The number of rotatable bonds is 9. The second-order valence-electron chi connectivity index (χ2n) is 18.0. The van der Waals surface area contributed by atoms with Gasteiger partial charge in [-0.2, -0.15) is 0 Å². The van der Waals surface area contributed by atoms with E-state index in [0.717, 1.165) is 6.92 Å². The number of ketones is 1. The molecule has 0 radical (unpaired) electrons. The lowest BCUT2D eigenvalue weighted by Crippen LogP contribution is -2.79. The largest absolute Gasteiger partial charge is 0.455 e. The van der Waals surface area contributed by atoms with Gasteiger partial charge in [0.25, 0.3) is 0 Å². The van der Waals surface area contributed by atoms with Gasteiger partial charge in [0.15, 0.2) is 23.6 Å². The van der Waals surface area contributed by atoms with E-state index in [4.69, 9.17) is 23.7 Å². The van der Waals surface area contributed by atoms with E-state index in [0.29, 0.717) is 5.56 Å². The Bertz CT molecular complexity index is 2110. The van der Waals surface area contributed by atoms with Crippen molar-refractivity contribution in [3.63, 3.8) is 0 Å². The van der Waals surface area contributed by atoms with Crippen molar-refractivity contribution in [3.8, 4) is 0 Å². The minimum Gasteiger partial charge on any atom is -0.455 e. The molecule has 1 aliphatic heterocycles. The summed E-state index contributed by atoms with van der Waals surface area (Å²) in [6, 6.07) is 14.3. The summed E-state index contributed by atoms with van der Waals surface area (Å²) >= 11 is 0. The van der Waals surface area contributed by atoms with E-state index in [1.54, 1.807) is 109 Å². The third kappa shape index (κ3) is 7.74. The first kappa shape index (κ1) is 44.2. The van der Waals surface area contributed by atoms with Gasteiger partial charge < -0.3 is 44.5 Å². The number of hydrogen-bond donors (Lipinski definition) is 4.